The number of rotatable bonds is 7. The van der Waals surface area contributed by atoms with E-state index in [1.54, 1.807) is 19.1 Å². The Morgan fingerprint density at radius 3 is 2.67 bits per heavy atom. The highest BCUT2D eigenvalue weighted by molar-refractivity contribution is 5.30. The molecule has 1 N–H and O–H groups in total. The molecule has 2 nitrogen and oxygen atoms in total. The maximum Gasteiger partial charge on any atom is 0.167 e. The van der Waals surface area contributed by atoms with Gasteiger partial charge in [-0.3, -0.25) is 0 Å². The molecule has 0 saturated carbocycles. The van der Waals surface area contributed by atoms with Crippen molar-refractivity contribution in [1.82, 2.24) is 5.32 Å². The van der Waals surface area contributed by atoms with Crippen LogP contribution in [-0.4, -0.2) is 18.7 Å². The van der Waals surface area contributed by atoms with Crippen LogP contribution in [0.15, 0.2) is 18.2 Å². The molecule has 0 spiro atoms. The zero-order valence-corrected chi connectivity index (χ0v) is 11.8. The Morgan fingerprint density at radius 1 is 1.33 bits per heavy atom. The lowest BCUT2D eigenvalue weighted by molar-refractivity contribution is 0.175. The molecule has 0 amide bonds. The van der Waals surface area contributed by atoms with Crippen molar-refractivity contribution >= 4 is 0 Å². The Kier molecular flexibility index (Phi) is 6.13. The van der Waals surface area contributed by atoms with Crippen molar-refractivity contribution < 1.29 is 9.13 Å². The summed E-state index contributed by atoms with van der Waals surface area (Å²) in [5.41, 5.74) is 0.625. The Bertz CT molecular complexity index is 366. The highest BCUT2D eigenvalue weighted by atomic mass is 19.1. The van der Waals surface area contributed by atoms with Gasteiger partial charge in [-0.25, -0.2) is 4.39 Å². The SMILES string of the molecule is CCCC(CNC(C)C)Oc1cccc(C)c1F. The summed E-state index contributed by atoms with van der Waals surface area (Å²) < 4.78 is 19.6. The van der Waals surface area contributed by atoms with Gasteiger partial charge in [-0.15, -0.1) is 0 Å². The third kappa shape index (κ3) is 4.65. The van der Waals surface area contributed by atoms with E-state index in [0.717, 1.165) is 19.4 Å². The lowest BCUT2D eigenvalue weighted by Gasteiger charge is -2.21. The molecule has 0 bridgehead atoms. The van der Waals surface area contributed by atoms with E-state index in [-0.39, 0.29) is 11.9 Å². The standard InChI is InChI=1S/C15H24FNO/c1-5-7-13(10-17-11(2)3)18-14-9-6-8-12(4)15(14)16/h6,8-9,11,13,17H,5,7,10H2,1-4H3. The van der Waals surface area contributed by atoms with Crippen molar-refractivity contribution in [3.63, 3.8) is 0 Å². The van der Waals surface area contributed by atoms with Crippen LogP contribution in [0.1, 0.15) is 39.2 Å². The first kappa shape index (κ1) is 15.0. The number of hydrogen-bond donors (Lipinski definition) is 1. The topological polar surface area (TPSA) is 21.3 Å². The monoisotopic (exact) mass is 253 g/mol. The van der Waals surface area contributed by atoms with E-state index in [0.29, 0.717) is 17.4 Å². The van der Waals surface area contributed by atoms with E-state index in [1.165, 1.54) is 0 Å². The van der Waals surface area contributed by atoms with Crippen molar-refractivity contribution in [2.24, 2.45) is 0 Å². The van der Waals surface area contributed by atoms with Gasteiger partial charge in [0, 0.05) is 12.6 Å². The third-order valence-electron chi connectivity index (χ3n) is 2.81. The number of hydrogen-bond acceptors (Lipinski definition) is 2. The molecule has 1 aromatic rings. The van der Waals surface area contributed by atoms with Crippen molar-refractivity contribution in [1.29, 1.82) is 0 Å². The quantitative estimate of drug-likeness (QED) is 0.800. The minimum Gasteiger partial charge on any atom is -0.486 e. The molecule has 0 fully saturated rings. The summed E-state index contributed by atoms with van der Waals surface area (Å²) in [5.74, 6) is 0.113. The Balaban J connectivity index is 2.67. The van der Waals surface area contributed by atoms with Crippen LogP contribution in [0, 0.1) is 12.7 Å². The zero-order valence-electron chi connectivity index (χ0n) is 11.8. The fourth-order valence-electron chi connectivity index (χ4n) is 1.78. The lowest BCUT2D eigenvalue weighted by atomic mass is 10.2. The Hall–Kier alpha value is -1.09. The minimum atomic E-state index is -0.247. The summed E-state index contributed by atoms with van der Waals surface area (Å²) in [4.78, 5) is 0. The predicted molar refractivity (Wildman–Crippen MR) is 73.6 cm³/mol. The van der Waals surface area contributed by atoms with Gasteiger partial charge in [0.15, 0.2) is 11.6 Å². The van der Waals surface area contributed by atoms with Gasteiger partial charge in [0.1, 0.15) is 6.10 Å². The fraction of sp³-hybridized carbons (Fsp3) is 0.600. The maximum absolute atomic E-state index is 13.9. The minimum absolute atomic E-state index is 0.0219. The second-order valence-electron chi connectivity index (χ2n) is 4.98. The van der Waals surface area contributed by atoms with Gasteiger partial charge in [-0.2, -0.15) is 0 Å². The fourth-order valence-corrected chi connectivity index (χ4v) is 1.78. The van der Waals surface area contributed by atoms with E-state index in [2.05, 4.69) is 26.1 Å². The van der Waals surface area contributed by atoms with Crippen LogP contribution in [0.3, 0.4) is 0 Å². The molecule has 0 radical (unpaired) electrons. The summed E-state index contributed by atoms with van der Waals surface area (Å²) in [7, 11) is 0. The van der Waals surface area contributed by atoms with Gasteiger partial charge in [-0.05, 0) is 25.0 Å². The molecule has 1 unspecified atom stereocenters. The Morgan fingerprint density at radius 2 is 2.06 bits per heavy atom. The summed E-state index contributed by atoms with van der Waals surface area (Å²) in [5, 5.41) is 3.34. The highest BCUT2D eigenvalue weighted by Crippen LogP contribution is 2.21. The molecule has 3 heteroatoms. The second-order valence-corrected chi connectivity index (χ2v) is 4.98. The van der Waals surface area contributed by atoms with Crippen molar-refractivity contribution in [3.8, 4) is 5.75 Å². The normalized spacial score (nSPS) is 12.8. The zero-order chi connectivity index (χ0) is 13.5. The second kappa shape index (κ2) is 7.37. The molecule has 0 aliphatic heterocycles. The van der Waals surface area contributed by atoms with Gasteiger partial charge in [0.2, 0.25) is 0 Å². The van der Waals surface area contributed by atoms with Gasteiger partial charge in [0.05, 0.1) is 0 Å². The summed E-state index contributed by atoms with van der Waals surface area (Å²) in [6.07, 6.45) is 1.97. The molecule has 1 aromatic carbocycles. The predicted octanol–water partition coefficient (Wildman–Crippen LogP) is 3.68. The summed E-state index contributed by atoms with van der Waals surface area (Å²) in [6.45, 7) is 8.80. The molecule has 0 aromatic heterocycles. The molecule has 0 aliphatic rings. The summed E-state index contributed by atoms with van der Waals surface area (Å²) in [6, 6.07) is 5.69. The summed E-state index contributed by atoms with van der Waals surface area (Å²) >= 11 is 0. The molecule has 1 atom stereocenters. The largest absolute Gasteiger partial charge is 0.486 e. The van der Waals surface area contributed by atoms with Gasteiger partial charge in [0.25, 0.3) is 0 Å². The average molecular weight is 253 g/mol. The first-order valence-corrected chi connectivity index (χ1v) is 6.69. The molecule has 0 aliphatic carbocycles. The molecule has 0 heterocycles. The smallest absolute Gasteiger partial charge is 0.167 e. The highest BCUT2D eigenvalue weighted by Gasteiger charge is 2.13. The van der Waals surface area contributed by atoms with Gasteiger partial charge in [-0.1, -0.05) is 39.3 Å². The van der Waals surface area contributed by atoms with Crippen LogP contribution in [0.4, 0.5) is 4.39 Å². The average Bonchev–Trinajstić information content (AvgIpc) is 2.32. The van der Waals surface area contributed by atoms with E-state index < -0.39 is 0 Å². The molecule has 102 valence electrons. The lowest BCUT2D eigenvalue weighted by Crippen LogP contribution is -2.35. The number of nitrogens with one attached hydrogen (secondary N) is 1. The number of halogens is 1. The van der Waals surface area contributed by atoms with Crippen LogP contribution >= 0.6 is 0 Å². The Labute approximate surface area is 110 Å². The van der Waals surface area contributed by atoms with Crippen LogP contribution in [0.5, 0.6) is 5.75 Å². The van der Waals surface area contributed by atoms with E-state index in [9.17, 15) is 4.39 Å². The number of benzene rings is 1. The van der Waals surface area contributed by atoms with Crippen molar-refractivity contribution in [2.45, 2.75) is 52.7 Å². The van der Waals surface area contributed by atoms with Crippen molar-refractivity contribution in [3.05, 3.63) is 29.6 Å². The van der Waals surface area contributed by atoms with Gasteiger partial charge >= 0.3 is 0 Å². The maximum atomic E-state index is 13.9. The van der Waals surface area contributed by atoms with E-state index >= 15 is 0 Å². The molecular weight excluding hydrogens is 229 g/mol. The van der Waals surface area contributed by atoms with Crippen LogP contribution in [0.2, 0.25) is 0 Å². The van der Waals surface area contributed by atoms with Crippen LogP contribution < -0.4 is 10.1 Å². The number of ether oxygens (including phenoxy) is 1. The van der Waals surface area contributed by atoms with E-state index in [1.807, 2.05) is 6.07 Å². The van der Waals surface area contributed by atoms with Crippen LogP contribution in [-0.2, 0) is 0 Å². The van der Waals surface area contributed by atoms with Gasteiger partial charge < -0.3 is 10.1 Å². The number of aryl methyl sites for hydroxylation is 1. The first-order chi connectivity index (χ1) is 8.54. The molecule has 18 heavy (non-hydrogen) atoms. The first-order valence-electron chi connectivity index (χ1n) is 6.69. The van der Waals surface area contributed by atoms with Crippen LogP contribution in [0.25, 0.3) is 0 Å². The molecule has 0 saturated heterocycles. The van der Waals surface area contributed by atoms with E-state index in [4.69, 9.17) is 4.74 Å². The third-order valence-corrected chi connectivity index (χ3v) is 2.81. The molecule has 1 rings (SSSR count). The van der Waals surface area contributed by atoms with Crippen molar-refractivity contribution in [2.75, 3.05) is 6.54 Å². The molecular formula is C15H24FNO.